The van der Waals surface area contributed by atoms with Gasteiger partial charge in [0.15, 0.2) is 9.84 Å². The monoisotopic (exact) mass is 512 g/mol. The summed E-state index contributed by atoms with van der Waals surface area (Å²) >= 11 is 0. The van der Waals surface area contributed by atoms with Crippen LogP contribution in [0.5, 0.6) is 0 Å². The summed E-state index contributed by atoms with van der Waals surface area (Å²) in [4.78, 5) is 4.12. The Kier molecular flexibility index (Phi) is 7.21. The molecule has 3 aromatic carbocycles. The lowest BCUT2D eigenvalue weighted by Gasteiger charge is -2.16. The fraction of sp³-hybridized carbons (Fsp3) is 0.167. The molecule has 0 radical (unpaired) electrons. The van der Waals surface area contributed by atoms with Crippen molar-refractivity contribution in [2.45, 2.75) is 23.7 Å². The molecule has 0 atom stereocenters. The van der Waals surface area contributed by atoms with Crippen LogP contribution in [0.25, 0.3) is 11.1 Å². The number of benzene rings is 3. The van der Waals surface area contributed by atoms with Gasteiger partial charge in [-0.25, -0.2) is 8.42 Å². The highest BCUT2D eigenvalue weighted by Crippen LogP contribution is 2.34. The predicted octanol–water partition coefficient (Wildman–Crippen LogP) is 6.87. The number of hydrogen-bond donors (Lipinski definition) is 1. The van der Waals surface area contributed by atoms with Gasteiger partial charge in [-0.3, -0.25) is 4.99 Å². The molecule has 0 saturated heterocycles. The van der Waals surface area contributed by atoms with Gasteiger partial charge in [-0.15, -0.1) is 0 Å². The van der Waals surface area contributed by atoms with Crippen molar-refractivity contribution >= 4 is 26.9 Å². The van der Waals surface area contributed by atoms with E-state index < -0.39 is 51.2 Å². The van der Waals surface area contributed by atoms with Crippen LogP contribution in [0.3, 0.4) is 0 Å². The molecule has 184 valence electrons. The first-order valence-electron chi connectivity index (χ1n) is 9.95. The molecule has 11 heteroatoms. The Hall–Kier alpha value is -3.47. The highest BCUT2D eigenvalue weighted by Gasteiger charge is 2.38. The lowest BCUT2D eigenvalue weighted by molar-refractivity contribution is -0.137. The van der Waals surface area contributed by atoms with Crippen molar-refractivity contribution in [3.63, 3.8) is 0 Å². The number of sulfone groups is 1. The quantitative estimate of drug-likeness (QED) is 0.289. The number of hydrogen-bond acceptors (Lipinski definition) is 4. The zero-order chi connectivity index (χ0) is 26.0. The van der Waals surface area contributed by atoms with E-state index in [2.05, 4.69) is 4.99 Å². The van der Waals surface area contributed by atoms with Crippen LogP contribution in [0.1, 0.15) is 17.5 Å². The van der Waals surface area contributed by atoms with Gasteiger partial charge in [0.1, 0.15) is 5.71 Å². The van der Waals surface area contributed by atoms with Crippen molar-refractivity contribution in [2.75, 3.05) is 6.26 Å². The third kappa shape index (κ3) is 6.56. The van der Waals surface area contributed by atoms with Crippen molar-refractivity contribution in [1.29, 1.82) is 5.41 Å². The van der Waals surface area contributed by atoms with Gasteiger partial charge < -0.3 is 5.41 Å². The molecular formula is C24H18F6N2O2S. The van der Waals surface area contributed by atoms with Crippen LogP contribution in [0.2, 0.25) is 0 Å². The van der Waals surface area contributed by atoms with Gasteiger partial charge in [-0.05, 0) is 41.5 Å². The van der Waals surface area contributed by atoms with E-state index in [0.29, 0.717) is 11.1 Å². The fourth-order valence-corrected chi connectivity index (χ4v) is 3.90. The molecule has 1 N–H and O–H groups in total. The molecule has 0 fully saturated rings. The first-order valence-corrected chi connectivity index (χ1v) is 11.8. The zero-order valence-corrected chi connectivity index (χ0v) is 18.9. The number of aliphatic imine (C=N–C) groups is 1. The standard InChI is InChI=1S/C24H18F6N2O2S/c1-35(33,34)18-6-4-5-16(13-18)15-9-11-17(12-10-15)32-21(14-22(31)24(28,29)30)19-7-2-3-8-20(19)23(25,26)27/h2-13,31H,14H2,1H3. The molecule has 0 amide bonds. The van der Waals surface area contributed by atoms with Crippen LogP contribution >= 0.6 is 0 Å². The minimum atomic E-state index is -5.03. The summed E-state index contributed by atoms with van der Waals surface area (Å²) in [6.45, 7) is 0. The Morgan fingerprint density at radius 2 is 1.49 bits per heavy atom. The minimum Gasteiger partial charge on any atom is -0.300 e. The largest absolute Gasteiger partial charge is 0.429 e. The Morgan fingerprint density at radius 3 is 2.06 bits per heavy atom. The molecule has 0 aliphatic carbocycles. The van der Waals surface area contributed by atoms with Crippen LogP contribution in [0, 0.1) is 5.41 Å². The van der Waals surface area contributed by atoms with Crippen LogP contribution < -0.4 is 0 Å². The second-order valence-corrected chi connectivity index (χ2v) is 9.62. The smallest absolute Gasteiger partial charge is 0.300 e. The number of halogens is 6. The van der Waals surface area contributed by atoms with Crippen molar-refractivity contribution in [1.82, 2.24) is 0 Å². The summed E-state index contributed by atoms with van der Waals surface area (Å²) < 4.78 is 103. The molecular weight excluding hydrogens is 494 g/mol. The molecule has 3 aromatic rings. The summed E-state index contributed by atoms with van der Waals surface area (Å²) in [5.41, 5.74) is -2.84. The zero-order valence-electron chi connectivity index (χ0n) is 18.1. The molecule has 35 heavy (non-hydrogen) atoms. The van der Waals surface area contributed by atoms with E-state index in [1.165, 1.54) is 42.5 Å². The van der Waals surface area contributed by atoms with Crippen molar-refractivity contribution in [3.05, 3.63) is 83.9 Å². The Balaban J connectivity index is 2.06. The summed E-state index contributed by atoms with van der Waals surface area (Å²) in [7, 11) is -3.45. The molecule has 0 aliphatic rings. The Labute approximate surface area is 197 Å². The lowest BCUT2D eigenvalue weighted by Crippen LogP contribution is -2.26. The van der Waals surface area contributed by atoms with Gasteiger partial charge in [0.25, 0.3) is 0 Å². The number of alkyl halides is 6. The van der Waals surface area contributed by atoms with E-state index in [4.69, 9.17) is 5.41 Å². The van der Waals surface area contributed by atoms with Crippen molar-refractivity contribution in [2.24, 2.45) is 4.99 Å². The van der Waals surface area contributed by atoms with E-state index in [1.54, 1.807) is 12.1 Å². The first kappa shape index (κ1) is 26.1. The van der Waals surface area contributed by atoms with E-state index >= 15 is 0 Å². The van der Waals surface area contributed by atoms with Gasteiger partial charge >= 0.3 is 12.4 Å². The third-order valence-electron chi connectivity index (χ3n) is 4.96. The second kappa shape index (κ2) is 9.65. The van der Waals surface area contributed by atoms with Crippen LogP contribution in [0.15, 0.2) is 82.7 Å². The van der Waals surface area contributed by atoms with Crippen molar-refractivity contribution in [3.8, 4) is 11.1 Å². The van der Waals surface area contributed by atoms with E-state index in [-0.39, 0.29) is 10.6 Å². The Bertz CT molecular complexity index is 1380. The molecule has 3 rings (SSSR count). The van der Waals surface area contributed by atoms with Gasteiger partial charge in [-0.1, -0.05) is 42.5 Å². The van der Waals surface area contributed by atoms with Gasteiger partial charge in [0, 0.05) is 18.2 Å². The molecule has 0 heterocycles. The summed E-state index contributed by atoms with van der Waals surface area (Å²) in [5, 5.41) is 7.29. The summed E-state index contributed by atoms with van der Waals surface area (Å²) in [5.74, 6) is 0. The lowest BCUT2D eigenvalue weighted by atomic mass is 9.98. The highest BCUT2D eigenvalue weighted by molar-refractivity contribution is 7.90. The maximum atomic E-state index is 13.5. The number of rotatable bonds is 6. The number of nitrogens with one attached hydrogen (secondary N) is 1. The topological polar surface area (TPSA) is 70.3 Å². The van der Waals surface area contributed by atoms with E-state index in [0.717, 1.165) is 24.5 Å². The van der Waals surface area contributed by atoms with Crippen LogP contribution in [0.4, 0.5) is 32.0 Å². The highest BCUT2D eigenvalue weighted by atomic mass is 32.2. The molecule has 0 aliphatic heterocycles. The third-order valence-corrected chi connectivity index (χ3v) is 6.07. The van der Waals surface area contributed by atoms with E-state index in [9.17, 15) is 34.8 Å². The molecule has 0 saturated carbocycles. The average molecular weight is 512 g/mol. The molecule has 4 nitrogen and oxygen atoms in total. The maximum absolute atomic E-state index is 13.5. The summed E-state index contributed by atoms with van der Waals surface area (Å²) in [6.07, 6.45) is -9.97. The van der Waals surface area contributed by atoms with Crippen LogP contribution in [-0.4, -0.2) is 32.3 Å². The van der Waals surface area contributed by atoms with Crippen LogP contribution in [-0.2, 0) is 16.0 Å². The summed E-state index contributed by atoms with van der Waals surface area (Å²) in [6, 6.07) is 16.0. The van der Waals surface area contributed by atoms with Gasteiger partial charge in [-0.2, -0.15) is 26.3 Å². The number of nitrogens with zero attached hydrogens (tertiary/aromatic N) is 1. The molecule has 0 spiro atoms. The first-order chi connectivity index (χ1) is 16.2. The fourth-order valence-electron chi connectivity index (χ4n) is 3.24. The Morgan fingerprint density at radius 1 is 0.857 bits per heavy atom. The molecule has 0 aromatic heterocycles. The second-order valence-electron chi connectivity index (χ2n) is 7.60. The predicted molar refractivity (Wildman–Crippen MR) is 121 cm³/mol. The van der Waals surface area contributed by atoms with Crippen molar-refractivity contribution < 1.29 is 34.8 Å². The average Bonchev–Trinajstić information content (AvgIpc) is 2.77. The normalized spacial score (nSPS) is 13.1. The minimum absolute atomic E-state index is 0.0648. The van der Waals surface area contributed by atoms with E-state index in [1.807, 2.05) is 0 Å². The van der Waals surface area contributed by atoms with Gasteiger partial charge in [0.2, 0.25) is 0 Å². The SMILES string of the molecule is CS(=O)(=O)c1cccc(-c2ccc(N=C(CC(=N)C(F)(F)F)c3ccccc3C(F)(F)F)cc2)c1. The molecule has 0 bridgehead atoms. The molecule has 0 unspecified atom stereocenters. The maximum Gasteiger partial charge on any atom is 0.429 e. The van der Waals surface area contributed by atoms with Gasteiger partial charge in [0.05, 0.1) is 21.9 Å².